The highest BCUT2D eigenvalue weighted by molar-refractivity contribution is 5.95. The van der Waals surface area contributed by atoms with Crippen molar-refractivity contribution in [1.29, 1.82) is 0 Å². The lowest BCUT2D eigenvalue weighted by Gasteiger charge is -2.32. The zero-order valence-corrected chi connectivity index (χ0v) is 13.2. The van der Waals surface area contributed by atoms with E-state index in [1.54, 1.807) is 37.3 Å². The minimum atomic E-state index is -0.0431. The van der Waals surface area contributed by atoms with Crippen LogP contribution < -0.4 is 14.8 Å². The average molecular weight is 306 g/mol. The molecule has 0 atom stereocenters. The Morgan fingerprint density at radius 3 is 2.09 bits per heavy atom. The Bertz CT molecular complexity index is 529. The van der Waals surface area contributed by atoms with Crippen molar-refractivity contribution >= 4 is 11.8 Å². The molecule has 0 aromatic heterocycles. The molecule has 120 valence electrons. The molecule has 1 saturated heterocycles. The lowest BCUT2D eigenvalue weighted by Crippen LogP contribution is -2.46. The van der Waals surface area contributed by atoms with Gasteiger partial charge in [-0.3, -0.25) is 9.59 Å². The van der Waals surface area contributed by atoms with Gasteiger partial charge in [-0.05, 0) is 25.0 Å². The first kappa shape index (κ1) is 16.1. The van der Waals surface area contributed by atoms with Gasteiger partial charge in [0.25, 0.3) is 5.91 Å². The minimum absolute atomic E-state index is 0.0256. The zero-order chi connectivity index (χ0) is 16.1. The second-order valence-electron chi connectivity index (χ2n) is 5.37. The smallest absolute Gasteiger partial charge is 0.254 e. The predicted molar refractivity (Wildman–Crippen MR) is 82.3 cm³/mol. The fraction of sp³-hybridized carbons (Fsp3) is 0.500. The summed E-state index contributed by atoms with van der Waals surface area (Å²) in [5.41, 5.74) is 0.550. The number of ether oxygens (including phenoxy) is 2. The Labute approximate surface area is 130 Å². The van der Waals surface area contributed by atoms with Crippen molar-refractivity contribution in [1.82, 2.24) is 10.2 Å². The summed E-state index contributed by atoms with van der Waals surface area (Å²) in [6.07, 6.45) is 1.54. The Morgan fingerprint density at radius 1 is 1.09 bits per heavy atom. The quantitative estimate of drug-likeness (QED) is 0.914. The van der Waals surface area contributed by atoms with E-state index in [0.29, 0.717) is 30.2 Å². The van der Waals surface area contributed by atoms with Gasteiger partial charge in [0.1, 0.15) is 11.5 Å². The van der Waals surface area contributed by atoms with Crippen molar-refractivity contribution < 1.29 is 19.1 Å². The van der Waals surface area contributed by atoms with Crippen LogP contribution in [0.2, 0.25) is 0 Å². The Morgan fingerprint density at radius 2 is 1.64 bits per heavy atom. The molecule has 6 heteroatoms. The van der Waals surface area contributed by atoms with Crippen LogP contribution in [0.1, 0.15) is 30.1 Å². The standard InChI is InChI=1S/C16H22N2O4/c1-11(19)17-13-4-6-18(7-5-13)16(20)12-8-14(21-2)10-15(9-12)22-3/h8-10,13H,4-7H2,1-3H3,(H,17,19). The third kappa shape index (κ3) is 3.90. The first-order chi connectivity index (χ1) is 10.5. The number of hydrogen-bond acceptors (Lipinski definition) is 4. The number of carbonyl (C=O) groups is 2. The SMILES string of the molecule is COc1cc(OC)cc(C(=O)N2CCC(NC(C)=O)CC2)c1. The Balaban J connectivity index is 2.05. The van der Waals surface area contributed by atoms with E-state index in [4.69, 9.17) is 9.47 Å². The van der Waals surface area contributed by atoms with Crippen LogP contribution in [0, 0.1) is 0 Å². The Kier molecular flexibility index (Phi) is 5.25. The second kappa shape index (κ2) is 7.15. The summed E-state index contributed by atoms with van der Waals surface area (Å²) >= 11 is 0. The van der Waals surface area contributed by atoms with Crippen molar-refractivity contribution in [3.8, 4) is 11.5 Å². The summed E-state index contributed by atoms with van der Waals surface area (Å²) in [5.74, 6) is 1.12. The van der Waals surface area contributed by atoms with Crippen LogP contribution in [0.3, 0.4) is 0 Å². The van der Waals surface area contributed by atoms with E-state index in [1.165, 1.54) is 6.92 Å². The van der Waals surface area contributed by atoms with Crippen molar-refractivity contribution in [3.05, 3.63) is 23.8 Å². The molecule has 1 heterocycles. The normalized spacial score (nSPS) is 15.3. The lowest BCUT2D eigenvalue weighted by atomic mass is 10.0. The summed E-state index contributed by atoms with van der Waals surface area (Å²) in [5, 5.41) is 2.90. The van der Waals surface area contributed by atoms with E-state index in [9.17, 15) is 9.59 Å². The highest BCUT2D eigenvalue weighted by Crippen LogP contribution is 2.24. The van der Waals surface area contributed by atoms with Crippen LogP contribution in [-0.4, -0.2) is 50.1 Å². The summed E-state index contributed by atoms with van der Waals surface area (Å²) < 4.78 is 10.4. The van der Waals surface area contributed by atoms with E-state index in [2.05, 4.69) is 5.32 Å². The van der Waals surface area contributed by atoms with E-state index in [-0.39, 0.29) is 17.9 Å². The van der Waals surface area contributed by atoms with Gasteiger partial charge in [0.05, 0.1) is 14.2 Å². The van der Waals surface area contributed by atoms with Crippen molar-refractivity contribution in [3.63, 3.8) is 0 Å². The number of piperidine rings is 1. The maximum absolute atomic E-state index is 12.6. The lowest BCUT2D eigenvalue weighted by molar-refractivity contribution is -0.119. The number of likely N-dealkylation sites (tertiary alicyclic amines) is 1. The average Bonchev–Trinajstić information content (AvgIpc) is 2.53. The van der Waals surface area contributed by atoms with Gasteiger partial charge in [0, 0.05) is 37.7 Å². The molecule has 6 nitrogen and oxygen atoms in total. The van der Waals surface area contributed by atoms with E-state index in [1.807, 2.05) is 0 Å². The van der Waals surface area contributed by atoms with Crippen LogP contribution in [0.25, 0.3) is 0 Å². The number of carbonyl (C=O) groups excluding carboxylic acids is 2. The fourth-order valence-electron chi connectivity index (χ4n) is 2.63. The van der Waals surface area contributed by atoms with E-state index in [0.717, 1.165) is 12.8 Å². The monoisotopic (exact) mass is 306 g/mol. The molecule has 0 aliphatic carbocycles. The number of benzene rings is 1. The molecule has 0 bridgehead atoms. The number of nitrogens with zero attached hydrogens (tertiary/aromatic N) is 1. The molecule has 2 amide bonds. The summed E-state index contributed by atoms with van der Waals surface area (Å²) in [4.78, 5) is 25.5. The number of nitrogens with one attached hydrogen (secondary N) is 1. The second-order valence-corrected chi connectivity index (χ2v) is 5.37. The number of hydrogen-bond donors (Lipinski definition) is 1. The van der Waals surface area contributed by atoms with Crippen molar-refractivity contribution in [2.75, 3.05) is 27.3 Å². The van der Waals surface area contributed by atoms with Crippen LogP contribution in [0.4, 0.5) is 0 Å². The molecular weight excluding hydrogens is 284 g/mol. The Hall–Kier alpha value is -2.24. The molecular formula is C16H22N2O4. The molecule has 1 aliphatic heterocycles. The largest absolute Gasteiger partial charge is 0.497 e. The summed E-state index contributed by atoms with van der Waals surface area (Å²) in [6, 6.07) is 5.32. The van der Waals surface area contributed by atoms with Gasteiger partial charge in [-0.2, -0.15) is 0 Å². The van der Waals surface area contributed by atoms with E-state index < -0.39 is 0 Å². The minimum Gasteiger partial charge on any atom is -0.497 e. The maximum Gasteiger partial charge on any atom is 0.254 e. The van der Waals surface area contributed by atoms with Gasteiger partial charge in [0.2, 0.25) is 5.91 Å². The molecule has 0 unspecified atom stereocenters. The highest BCUT2D eigenvalue weighted by Gasteiger charge is 2.24. The summed E-state index contributed by atoms with van der Waals surface area (Å²) in [6.45, 7) is 2.77. The summed E-state index contributed by atoms with van der Waals surface area (Å²) in [7, 11) is 3.11. The molecule has 1 N–H and O–H groups in total. The van der Waals surface area contributed by atoms with Gasteiger partial charge in [0.15, 0.2) is 0 Å². The molecule has 1 aromatic rings. The molecule has 0 saturated carbocycles. The molecule has 1 aromatic carbocycles. The predicted octanol–water partition coefficient (Wildman–Crippen LogP) is 1.44. The van der Waals surface area contributed by atoms with Gasteiger partial charge < -0.3 is 19.7 Å². The fourth-order valence-corrected chi connectivity index (χ4v) is 2.63. The molecule has 22 heavy (non-hydrogen) atoms. The van der Waals surface area contributed by atoms with Gasteiger partial charge in [-0.25, -0.2) is 0 Å². The highest BCUT2D eigenvalue weighted by atomic mass is 16.5. The van der Waals surface area contributed by atoms with Crippen LogP contribution >= 0.6 is 0 Å². The first-order valence-electron chi connectivity index (χ1n) is 7.33. The van der Waals surface area contributed by atoms with Gasteiger partial charge in [-0.15, -0.1) is 0 Å². The van der Waals surface area contributed by atoms with Crippen LogP contribution in [0.15, 0.2) is 18.2 Å². The van der Waals surface area contributed by atoms with Gasteiger partial charge >= 0.3 is 0 Å². The number of methoxy groups -OCH3 is 2. The first-order valence-corrected chi connectivity index (χ1v) is 7.33. The number of amides is 2. The van der Waals surface area contributed by atoms with E-state index >= 15 is 0 Å². The zero-order valence-electron chi connectivity index (χ0n) is 13.2. The van der Waals surface area contributed by atoms with Crippen molar-refractivity contribution in [2.24, 2.45) is 0 Å². The maximum atomic E-state index is 12.6. The number of rotatable bonds is 4. The molecule has 1 aliphatic rings. The molecule has 2 rings (SSSR count). The van der Waals surface area contributed by atoms with Gasteiger partial charge in [-0.1, -0.05) is 0 Å². The molecule has 0 radical (unpaired) electrons. The molecule has 0 spiro atoms. The van der Waals surface area contributed by atoms with Crippen LogP contribution in [0.5, 0.6) is 11.5 Å². The van der Waals surface area contributed by atoms with Crippen molar-refractivity contribution in [2.45, 2.75) is 25.8 Å². The van der Waals surface area contributed by atoms with Crippen LogP contribution in [-0.2, 0) is 4.79 Å². The third-order valence-corrected chi connectivity index (χ3v) is 3.79. The topological polar surface area (TPSA) is 67.9 Å². The third-order valence-electron chi connectivity index (χ3n) is 3.79. The molecule has 1 fully saturated rings.